The molecule has 7 nitrogen and oxygen atoms in total. The molecule has 2 rings (SSSR count). The van der Waals surface area contributed by atoms with Crippen LogP contribution in [-0.2, 0) is 4.74 Å². The Bertz CT molecular complexity index is 562. The average molecular weight is 312 g/mol. The third-order valence-electron chi connectivity index (χ3n) is 3.31. The summed E-state index contributed by atoms with van der Waals surface area (Å²) in [4.78, 5) is 25.9. The normalized spacial score (nSPS) is 22.1. The summed E-state index contributed by atoms with van der Waals surface area (Å²) in [5.41, 5.74) is 11.8. The van der Waals surface area contributed by atoms with Crippen molar-refractivity contribution in [2.24, 2.45) is 5.73 Å². The zero-order chi connectivity index (χ0) is 15.7. The number of rotatable bonds is 3. The highest BCUT2D eigenvalue weighted by atomic mass is 32.1. The molecule has 0 aliphatic carbocycles. The van der Waals surface area contributed by atoms with E-state index in [4.69, 9.17) is 16.2 Å². The fourth-order valence-electron chi connectivity index (χ4n) is 2.52. The predicted octanol–water partition coefficient (Wildman–Crippen LogP) is 0.402. The van der Waals surface area contributed by atoms with E-state index in [2.05, 4.69) is 5.32 Å². The van der Waals surface area contributed by atoms with Gasteiger partial charge in [0.1, 0.15) is 9.88 Å². The third kappa shape index (κ3) is 2.96. The summed E-state index contributed by atoms with van der Waals surface area (Å²) in [6.07, 6.45) is 0.0579. The minimum Gasteiger partial charge on any atom is -0.397 e. The number of primary amides is 1. The lowest BCUT2D eigenvalue weighted by Crippen LogP contribution is -2.45. The number of thiophene rings is 1. The van der Waals surface area contributed by atoms with Gasteiger partial charge in [-0.15, -0.1) is 11.3 Å². The van der Waals surface area contributed by atoms with Gasteiger partial charge >= 0.3 is 0 Å². The van der Waals surface area contributed by atoms with Crippen molar-refractivity contribution in [2.45, 2.75) is 26.1 Å². The number of nitrogens with one attached hydrogen (secondary N) is 1. The van der Waals surface area contributed by atoms with Gasteiger partial charge in [-0.2, -0.15) is 0 Å². The molecule has 1 aromatic rings. The fraction of sp³-hybridized carbons (Fsp3) is 0.538. The second-order valence-corrected chi connectivity index (χ2v) is 6.13. The van der Waals surface area contributed by atoms with Crippen LogP contribution in [0.4, 0.5) is 10.7 Å². The monoisotopic (exact) mass is 312 g/mol. The van der Waals surface area contributed by atoms with Gasteiger partial charge in [0.25, 0.3) is 11.8 Å². The number of anilines is 2. The molecule has 0 bridgehead atoms. The zero-order valence-electron chi connectivity index (χ0n) is 12.3. The molecule has 2 heterocycles. The van der Waals surface area contributed by atoms with Gasteiger partial charge in [-0.3, -0.25) is 9.59 Å². The van der Waals surface area contributed by atoms with Crippen molar-refractivity contribution in [1.82, 2.24) is 5.32 Å². The van der Waals surface area contributed by atoms with Gasteiger partial charge in [0.15, 0.2) is 0 Å². The Morgan fingerprint density at radius 1 is 1.33 bits per heavy atom. The lowest BCUT2D eigenvalue weighted by molar-refractivity contribution is -0.00505. The summed E-state index contributed by atoms with van der Waals surface area (Å²) in [5.74, 6) is -0.943. The second kappa shape index (κ2) is 5.90. The minimum absolute atomic E-state index is 0.0289. The van der Waals surface area contributed by atoms with Gasteiger partial charge in [0.05, 0.1) is 23.5 Å². The number of ether oxygens (including phenoxy) is 1. The van der Waals surface area contributed by atoms with E-state index in [1.807, 2.05) is 18.7 Å². The maximum atomic E-state index is 11.9. The zero-order valence-corrected chi connectivity index (χ0v) is 13.1. The Hall–Kier alpha value is -1.80. The molecule has 21 heavy (non-hydrogen) atoms. The highest BCUT2D eigenvalue weighted by molar-refractivity contribution is 7.19. The first-order valence-corrected chi connectivity index (χ1v) is 7.51. The number of nitrogens with two attached hydrogens (primary N) is 2. The van der Waals surface area contributed by atoms with Crippen molar-refractivity contribution < 1.29 is 14.3 Å². The minimum atomic E-state index is -0.624. The van der Waals surface area contributed by atoms with Crippen molar-refractivity contribution in [3.8, 4) is 0 Å². The van der Waals surface area contributed by atoms with Gasteiger partial charge in [0.2, 0.25) is 0 Å². The molecule has 0 radical (unpaired) electrons. The molecule has 2 atom stereocenters. The van der Waals surface area contributed by atoms with E-state index in [0.717, 1.165) is 0 Å². The largest absolute Gasteiger partial charge is 0.397 e. The Morgan fingerprint density at radius 3 is 2.38 bits per heavy atom. The first kappa shape index (κ1) is 15.6. The number of nitrogens with zero attached hydrogens (tertiary/aromatic N) is 1. The molecule has 1 aliphatic heterocycles. The van der Waals surface area contributed by atoms with Gasteiger partial charge in [-0.25, -0.2) is 0 Å². The van der Waals surface area contributed by atoms with Crippen LogP contribution in [0.3, 0.4) is 0 Å². The SMILES string of the molecule is CNC(=O)c1sc(N2CC(C)OC(C)C2)c(C(N)=O)c1N. The molecule has 116 valence electrons. The molecule has 1 aliphatic rings. The van der Waals surface area contributed by atoms with E-state index >= 15 is 0 Å². The summed E-state index contributed by atoms with van der Waals surface area (Å²) < 4.78 is 5.68. The second-order valence-electron chi connectivity index (χ2n) is 5.13. The van der Waals surface area contributed by atoms with Crippen LogP contribution in [0.15, 0.2) is 0 Å². The van der Waals surface area contributed by atoms with Gasteiger partial charge < -0.3 is 26.4 Å². The quantitative estimate of drug-likeness (QED) is 0.748. The molecule has 2 amide bonds. The Morgan fingerprint density at radius 2 is 1.90 bits per heavy atom. The molecule has 8 heteroatoms. The Balaban J connectivity index is 2.47. The van der Waals surface area contributed by atoms with E-state index in [1.165, 1.54) is 18.4 Å². The smallest absolute Gasteiger partial charge is 0.263 e. The summed E-state index contributed by atoms with van der Waals surface area (Å²) in [5, 5.41) is 3.16. The molecular formula is C13H20N4O3S. The van der Waals surface area contributed by atoms with E-state index in [-0.39, 0.29) is 29.4 Å². The lowest BCUT2D eigenvalue weighted by Gasteiger charge is -2.36. The number of carbonyl (C=O) groups excluding carboxylic acids is 2. The van der Waals surface area contributed by atoms with Crippen LogP contribution in [0.2, 0.25) is 0 Å². The van der Waals surface area contributed by atoms with E-state index in [1.54, 1.807) is 0 Å². The summed E-state index contributed by atoms with van der Waals surface area (Å²) in [7, 11) is 1.52. The van der Waals surface area contributed by atoms with Crippen molar-refractivity contribution >= 4 is 33.8 Å². The number of nitrogen functional groups attached to an aromatic ring is 1. The van der Waals surface area contributed by atoms with Crippen LogP contribution in [-0.4, -0.2) is 44.2 Å². The van der Waals surface area contributed by atoms with Crippen molar-refractivity contribution in [1.29, 1.82) is 0 Å². The first-order valence-electron chi connectivity index (χ1n) is 6.69. The van der Waals surface area contributed by atoms with Crippen LogP contribution in [0.25, 0.3) is 0 Å². The third-order valence-corrected chi connectivity index (χ3v) is 4.58. The van der Waals surface area contributed by atoms with Gasteiger partial charge in [0, 0.05) is 20.1 Å². The van der Waals surface area contributed by atoms with Crippen LogP contribution in [0.1, 0.15) is 33.9 Å². The topological polar surface area (TPSA) is 111 Å². The molecule has 2 unspecified atom stereocenters. The standard InChI is InChI=1S/C13H20N4O3S/c1-6-4-17(5-7(2)20-6)13-8(11(15)18)9(14)10(21-13)12(19)16-3/h6-7H,4-5,14H2,1-3H3,(H2,15,18)(H,16,19). The number of hydrogen-bond donors (Lipinski definition) is 3. The van der Waals surface area contributed by atoms with Crippen LogP contribution < -0.4 is 21.7 Å². The maximum Gasteiger partial charge on any atom is 0.263 e. The number of carbonyl (C=O) groups is 2. The number of morpholine rings is 1. The average Bonchev–Trinajstić information content (AvgIpc) is 2.74. The molecule has 1 saturated heterocycles. The van der Waals surface area contributed by atoms with E-state index in [0.29, 0.717) is 23.0 Å². The highest BCUT2D eigenvalue weighted by Gasteiger charge is 2.30. The van der Waals surface area contributed by atoms with Crippen LogP contribution in [0.5, 0.6) is 0 Å². The van der Waals surface area contributed by atoms with Crippen LogP contribution in [0, 0.1) is 0 Å². The van der Waals surface area contributed by atoms with E-state index in [9.17, 15) is 9.59 Å². The van der Waals surface area contributed by atoms with Crippen molar-refractivity contribution in [3.05, 3.63) is 10.4 Å². The van der Waals surface area contributed by atoms with Gasteiger partial charge in [-0.05, 0) is 13.8 Å². The summed E-state index contributed by atoms with van der Waals surface area (Å²) in [6, 6.07) is 0. The lowest BCUT2D eigenvalue weighted by atomic mass is 10.2. The van der Waals surface area contributed by atoms with Crippen molar-refractivity contribution in [2.75, 3.05) is 30.8 Å². The maximum absolute atomic E-state index is 11.9. The predicted molar refractivity (Wildman–Crippen MR) is 82.9 cm³/mol. The van der Waals surface area contributed by atoms with Crippen LogP contribution >= 0.6 is 11.3 Å². The van der Waals surface area contributed by atoms with Gasteiger partial charge in [-0.1, -0.05) is 0 Å². The number of amides is 2. The number of hydrogen-bond acceptors (Lipinski definition) is 6. The van der Waals surface area contributed by atoms with E-state index < -0.39 is 5.91 Å². The summed E-state index contributed by atoms with van der Waals surface area (Å²) >= 11 is 1.19. The Labute approximate surface area is 127 Å². The molecular weight excluding hydrogens is 292 g/mol. The van der Waals surface area contributed by atoms with Crippen molar-refractivity contribution in [3.63, 3.8) is 0 Å². The molecule has 1 fully saturated rings. The Kier molecular flexibility index (Phi) is 4.38. The molecule has 0 saturated carbocycles. The highest BCUT2D eigenvalue weighted by Crippen LogP contribution is 2.39. The first-order chi connectivity index (χ1) is 9.85. The molecule has 0 spiro atoms. The molecule has 1 aromatic heterocycles. The molecule has 5 N–H and O–H groups in total. The fourth-order valence-corrected chi connectivity index (χ4v) is 3.71. The summed E-state index contributed by atoms with van der Waals surface area (Å²) in [6.45, 7) is 5.17. The molecule has 0 aromatic carbocycles.